The van der Waals surface area contributed by atoms with E-state index in [0.717, 1.165) is 29.8 Å². The van der Waals surface area contributed by atoms with Gasteiger partial charge in [-0.25, -0.2) is 0 Å². The fourth-order valence-electron chi connectivity index (χ4n) is 2.61. The smallest absolute Gasteiger partial charge is 0.110 e. The molecule has 1 fully saturated rings. The maximum atomic E-state index is 8.75. The summed E-state index contributed by atoms with van der Waals surface area (Å²) in [5, 5.41) is 12.3. The van der Waals surface area contributed by atoms with E-state index in [9.17, 15) is 0 Å². The van der Waals surface area contributed by atoms with E-state index in [0.29, 0.717) is 0 Å². The summed E-state index contributed by atoms with van der Waals surface area (Å²) in [6.45, 7) is 4.42. The van der Waals surface area contributed by atoms with Crippen LogP contribution in [0.3, 0.4) is 0 Å². The summed E-state index contributed by atoms with van der Waals surface area (Å²) in [4.78, 5) is 2.08. The molecule has 0 saturated heterocycles. The summed E-state index contributed by atoms with van der Waals surface area (Å²) in [6, 6.07) is 6.15. The molecule has 1 aliphatic rings. The summed E-state index contributed by atoms with van der Waals surface area (Å²) in [6.07, 6.45) is 5.58. The lowest BCUT2D eigenvalue weighted by atomic mass is 9.80. The minimum atomic E-state index is 0.813. The molecule has 0 bridgehead atoms. The molecule has 2 rings (SSSR count). The van der Waals surface area contributed by atoms with Crippen LogP contribution in [-0.4, -0.2) is 6.54 Å². The molecule has 0 spiro atoms. The van der Waals surface area contributed by atoms with Crippen molar-refractivity contribution in [2.75, 3.05) is 6.54 Å². The Hall–Kier alpha value is -0.850. The molecule has 1 N–H and O–H groups in total. The number of rotatable bonds is 4. The van der Waals surface area contributed by atoms with Crippen molar-refractivity contribution in [1.82, 2.24) is 5.32 Å². The fraction of sp³-hybridized carbons (Fsp3) is 0.643. The van der Waals surface area contributed by atoms with E-state index in [4.69, 9.17) is 5.26 Å². The van der Waals surface area contributed by atoms with E-state index in [1.54, 1.807) is 11.3 Å². The minimum Gasteiger partial charge on any atom is -0.312 e. The van der Waals surface area contributed by atoms with Crippen LogP contribution in [0.2, 0.25) is 0 Å². The molecule has 2 atom stereocenters. The maximum absolute atomic E-state index is 8.75. The van der Waals surface area contributed by atoms with Crippen LogP contribution in [0.5, 0.6) is 0 Å². The van der Waals surface area contributed by atoms with Gasteiger partial charge in [-0.1, -0.05) is 26.2 Å². The van der Waals surface area contributed by atoms with Gasteiger partial charge >= 0.3 is 0 Å². The van der Waals surface area contributed by atoms with E-state index < -0.39 is 0 Å². The van der Waals surface area contributed by atoms with E-state index in [-0.39, 0.29) is 0 Å². The van der Waals surface area contributed by atoms with Crippen LogP contribution >= 0.6 is 11.3 Å². The Morgan fingerprint density at radius 3 is 2.94 bits per heavy atom. The summed E-state index contributed by atoms with van der Waals surface area (Å²) in [7, 11) is 0. The van der Waals surface area contributed by atoms with Crippen LogP contribution in [0.15, 0.2) is 12.1 Å². The second-order valence-electron chi connectivity index (χ2n) is 5.03. The van der Waals surface area contributed by atoms with Gasteiger partial charge in [0.25, 0.3) is 0 Å². The first-order chi connectivity index (χ1) is 8.29. The van der Waals surface area contributed by atoms with Gasteiger partial charge in [-0.05, 0) is 36.9 Å². The number of hydrogen-bond donors (Lipinski definition) is 1. The zero-order valence-electron chi connectivity index (χ0n) is 10.4. The van der Waals surface area contributed by atoms with Crippen molar-refractivity contribution in [3.63, 3.8) is 0 Å². The molecule has 0 amide bonds. The normalized spacial score (nSPS) is 24.5. The number of nitriles is 1. The average molecular weight is 248 g/mol. The Bertz CT molecular complexity index is 391. The third-order valence-electron chi connectivity index (χ3n) is 3.77. The fourth-order valence-corrected chi connectivity index (χ4v) is 3.38. The van der Waals surface area contributed by atoms with Gasteiger partial charge in [0.2, 0.25) is 0 Å². The van der Waals surface area contributed by atoms with Gasteiger partial charge in [0.15, 0.2) is 0 Å². The second-order valence-corrected chi connectivity index (χ2v) is 6.20. The predicted octanol–water partition coefficient (Wildman–Crippen LogP) is 3.54. The number of nitrogens with one attached hydrogen (secondary N) is 1. The Morgan fingerprint density at radius 2 is 2.24 bits per heavy atom. The highest BCUT2D eigenvalue weighted by Crippen LogP contribution is 2.29. The standard InChI is InChI=1S/C14H20N2S/c1-11-4-2-3-5-12(11)9-16-10-14-7-6-13(8-15)17-14/h6-7,11-12,16H,2-5,9-10H2,1H3. The molecular weight excluding hydrogens is 228 g/mol. The van der Waals surface area contributed by atoms with Crippen molar-refractivity contribution in [2.24, 2.45) is 11.8 Å². The molecule has 0 radical (unpaired) electrons. The van der Waals surface area contributed by atoms with Gasteiger partial charge in [-0.2, -0.15) is 5.26 Å². The number of nitrogens with zero attached hydrogens (tertiary/aromatic N) is 1. The lowest BCUT2D eigenvalue weighted by molar-refractivity contribution is 0.248. The highest BCUT2D eigenvalue weighted by Gasteiger charge is 2.20. The van der Waals surface area contributed by atoms with Crippen molar-refractivity contribution in [3.05, 3.63) is 21.9 Å². The highest BCUT2D eigenvalue weighted by atomic mass is 32.1. The van der Waals surface area contributed by atoms with E-state index >= 15 is 0 Å². The Labute approximate surface area is 108 Å². The number of thiophene rings is 1. The molecule has 92 valence electrons. The molecule has 2 unspecified atom stereocenters. The van der Waals surface area contributed by atoms with Gasteiger partial charge in [0, 0.05) is 11.4 Å². The van der Waals surface area contributed by atoms with Crippen molar-refractivity contribution in [1.29, 1.82) is 5.26 Å². The van der Waals surface area contributed by atoms with Gasteiger partial charge in [-0.3, -0.25) is 0 Å². The monoisotopic (exact) mass is 248 g/mol. The number of hydrogen-bond acceptors (Lipinski definition) is 3. The highest BCUT2D eigenvalue weighted by molar-refractivity contribution is 7.12. The van der Waals surface area contributed by atoms with Gasteiger partial charge in [-0.15, -0.1) is 11.3 Å². The van der Waals surface area contributed by atoms with Crippen molar-refractivity contribution in [2.45, 2.75) is 39.2 Å². The van der Waals surface area contributed by atoms with Crippen LogP contribution in [0.4, 0.5) is 0 Å². The summed E-state index contributed by atoms with van der Waals surface area (Å²) >= 11 is 1.60. The second kappa shape index (κ2) is 6.18. The van der Waals surface area contributed by atoms with Crippen LogP contribution < -0.4 is 5.32 Å². The molecule has 17 heavy (non-hydrogen) atoms. The molecule has 0 aliphatic heterocycles. The van der Waals surface area contributed by atoms with E-state index in [1.807, 2.05) is 6.07 Å². The molecule has 2 nitrogen and oxygen atoms in total. The van der Waals surface area contributed by atoms with Crippen molar-refractivity contribution >= 4 is 11.3 Å². The van der Waals surface area contributed by atoms with Crippen LogP contribution in [0, 0.1) is 23.2 Å². The van der Waals surface area contributed by atoms with Gasteiger partial charge in [0.1, 0.15) is 10.9 Å². The molecule has 0 aromatic carbocycles. The SMILES string of the molecule is CC1CCCCC1CNCc1ccc(C#N)s1. The summed E-state index contributed by atoms with van der Waals surface area (Å²) in [5.74, 6) is 1.72. The quantitative estimate of drug-likeness (QED) is 0.884. The zero-order chi connectivity index (χ0) is 12.1. The summed E-state index contributed by atoms with van der Waals surface area (Å²) < 4.78 is 0. The lowest BCUT2D eigenvalue weighted by Crippen LogP contribution is -2.28. The summed E-state index contributed by atoms with van der Waals surface area (Å²) in [5.41, 5.74) is 0. The first-order valence-corrected chi connectivity index (χ1v) is 7.31. The molecule has 1 heterocycles. The first-order valence-electron chi connectivity index (χ1n) is 6.49. The molecule has 1 aliphatic carbocycles. The predicted molar refractivity (Wildman–Crippen MR) is 71.9 cm³/mol. The Kier molecular flexibility index (Phi) is 4.58. The van der Waals surface area contributed by atoms with Crippen LogP contribution in [0.25, 0.3) is 0 Å². The molecule has 1 saturated carbocycles. The van der Waals surface area contributed by atoms with Crippen LogP contribution in [0.1, 0.15) is 42.4 Å². The van der Waals surface area contributed by atoms with Gasteiger partial charge < -0.3 is 5.32 Å². The van der Waals surface area contributed by atoms with Crippen molar-refractivity contribution < 1.29 is 0 Å². The average Bonchev–Trinajstić information content (AvgIpc) is 2.80. The van der Waals surface area contributed by atoms with E-state index in [1.165, 1.54) is 30.6 Å². The minimum absolute atomic E-state index is 0.813. The topological polar surface area (TPSA) is 35.8 Å². The van der Waals surface area contributed by atoms with E-state index in [2.05, 4.69) is 24.4 Å². The molecule has 1 aromatic rings. The Balaban J connectivity index is 1.73. The largest absolute Gasteiger partial charge is 0.312 e. The van der Waals surface area contributed by atoms with Crippen molar-refractivity contribution in [3.8, 4) is 6.07 Å². The first kappa shape index (κ1) is 12.6. The zero-order valence-corrected chi connectivity index (χ0v) is 11.2. The molecule has 3 heteroatoms. The maximum Gasteiger partial charge on any atom is 0.110 e. The van der Waals surface area contributed by atoms with Gasteiger partial charge in [0.05, 0.1) is 0 Å². The molecular formula is C14H20N2S. The lowest BCUT2D eigenvalue weighted by Gasteiger charge is -2.28. The molecule has 1 aromatic heterocycles. The van der Waals surface area contributed by atoms with Crippen LogP contribution in [-0.2, 0) is 6.54 Å². The third-order valence-corrected chi connectivity index (χ3v) is 4.76. The third kappa shape index (κ3) is 3.55. The Morgan fingerprint density at radius 1 is 1.41 bits per heavy atom.